The third-order valence-corrected chi connectivity index (χ3v) is 10.8. The van der Waals surface area contributed by atoms with Crippen LogP contribution in [-0.2, 0) is 20.5 Å². The second kappa shape index (κ2) is 16.0. The van der Waals surface area contributed by atoms with Crippen LogP contribution in [0.5, 0.6) is 0 Å². The quantitative estimate of drug-likeness (QED) is 0.167. The molecule has 2 rings (SSSR count). The molecule has 1 heterocycles. The average Bonchev–Trinajstić information content (AvgIpc) is 3.20. The standard InChI is InChI=1S/C30H52F2N2O3Si/c1-7-13-24(22(4)33)18-26-25(21-36-38(5,6)29(32)15-9-3)19-27(30(35)37-28(31)14-8-2)34(26)20-23-16-11-10-12-17-23/h10-12,16-17,22,24-29H,7-9,13-15,18-21,33H2,1-6H3/t22?,24?,25-,26+,27+,28?,29?/m0/s1. The largest absolute Gasteiger partial charge is 0.430 e. The molecule has 38 heavy (non-hydrogen) atoms. The topological polar surface area (TPSA) is 64.8 Å². The first kappa shape index (κ1) is 32.9. The Morgan fingerprint density at radius 3 is 2.29 bits per heavy atom. The van der Waals surface area contributed by atoms with Crippen molar-refractivity contribution in [3.8, 4) is 0 Å². The summed E-state index contributed by atoms with van der Waals surface area (Å²) in [5, 5.41) is 0. The van der Waals surface area contributed by atoms with Crippen LogP contribution in [0.15, 0.2) is 30.3 Å². The maximum Gasteiger partial charge on any atom is 0.325 e. The van der Waals surface area contributed by atoms with Crippen LogP contribution in [0.1, 0.15) is 84.6 Å². The van der Waals surface area contributed by atoms with E-state index < -0.39 is 32.5 Å². The van der Waals surface area contributed by atoms with Gasteiger partial charge < -0.3 is 14.9 Å². The summed E-state index contributed by atoms with van der Waals surface area (Å²) in [5.41, 5.74) is 7.50. The van der Waals surface area contributed by atoms with Crippen LogP contribution in [0.25, 0.3) is 0 Å². The summed E-state index contributed by atoms with van der Waals surface area (Å²) in [5.74, 6) is -1.19. The molecular formula is C30H52F2N2O3Si. The number of rotatable bonds is 17. The second-order valence-electron chi connectivity index (χ2n) is 11.7. The Labute approximate surface area is 231 Å². The summed E-state index contributed by atoms with van der Waals surface area (Å²) in [6.07, 6.45) is 3.77. The van der Waals surface area contributed by atoms with Crippen molar-refractivity contribution in [1.82, 2.24) is 4.90 Å². The van der Waals surface area contributed by atoms with Crippen molar-refractivity contribution in [2.24, 2.45) is 17.6 Å². The number of likely N-dealkylation sites (tertiary alicyclic amines) is 1. The van der Waals surface area contributed by atoms with Gasteiger partial charge in [0, 0.05) is 31.7 Å². The lowest BCUT2D eigenvalue weighted by Gasteiger charge is -2.36. The van der Waals surface area contributed by atoms with Crippen LogP contribution in [0.4, 0.5) is 8.78 Å². The van der Waals surface area contributed by atoms with Gasteiger partial charge in [0.15, 0.2) is 0 Å². The minimum atomic E-state index is -2.57. The number of nitrogens with zero attached hydrogens (tertiary/aromatic N) is 1. The molecule has 0 saturated carbocycles. The minimum Gasteiger partial charge on any atom is -0.430 e. The van der Waals surface area contributed by atoms with Crippen molar-refractivity contribution < 1.29 is 22.7 Å². The van der Waals surface area contributed by atoms with E-state index in [1.807, 2.05) is 64.2 Å². The van der Waals surface area contributed by atoms with E-state index in [2.05, 4.69) is 11.8 Å². The highest BCUT2D eigenvalue weighted by Gasteiger charge is 2.47. The average molecular weight is 555 g/mol. The molecule has 1 aliphatic heterocycles. The number of hydrogen-bond donors (Lipinski definition) is 1. The van der Waals surface area contributed by atoms with E-state index in [9.17, 15) is 13.6 Å². The van der Waals surface area contributed by atoms with Crippen LogP contribution in [0.3, 0.4) is 0 Å². The predicted molar refractivity (Wildman–Crippen MR) is 153 cm³/mol. The highest BCUT2D eigenvalue weighted by Crippen LogP contribution is 2.38. The number of nitrogens with two attached hydrogens (primary N) is 1. The molecule has 1 saturated heterocycles. The number of hydrogen-bond acceptors (Lipinski definition) is 5. The fourth-order valence-corrected chi connectivity index (χ4v) is 7.43. The van der Waals surface area contributed by atoms with Crippen LogP contribution in [0.2, 0.25) is 13.1 Å². The zero-order chi connectivity index (χ0) is 28.3. The molecule has 1 aromatic rings. The van der Waals surface area contributed by atoms with Gasteiger partial charge in [-0.05, 0) is 69.5 Å². The summed E-state index contributed by atoms with van der Waals surface area (Å²) in [7, 11) is -2.57. The van der Waals surface area contributed by atoms with Crippen LogP contribution < -0.4 is 5.73 Å². The van der Waals surface area contributed by atoms with E-state index in [0.717, 1.165) is 31.2 Å². The zero-order valence-electron chi connectivity index (χ0n) is 24.5. The van der Waals surface area contributed by atoms with E-state index in [1.165, 1.54) is 0 Å². The van der Waals surface area contributed by atoms with E-state index in [1.54, 1.807) is 0 Å². The van der Waals surface area contributed by atoms with Crippen molar-refractivity contribution >= 4 is 14.3 Å². The normalized spacial score (nSPS) is 23.7. The third kappa shape index (κ3) is 9.68. The number of halogens is 2. The fraction of sp³-hybridized carbons (Fsp3) is 0.767. The molecule has 0 aromatic heterocycles. The molecule has 0 spiro atoms. The zero-order valence-corrected chi connectivity index (χ0v) is 25.5. The number of benzene rings is 1. The van der Waals surface area contributed by atoms with Crippen molar-refractivity contribution in [2.75, 3.05) is 6.61 Å². The monoisotopic (exact) mass is 554 g/mol. The number of carbonyl (C=O) groups excluding carboxylic acids is 1. The van der Waals surface area contributed by atoms with Gasteiger partial charge in [0.2, 0.25) is 14.7 Å². The van der Waals surface area contributed by atoms with Crippen LogP contribution in [-0.4, -0.2) is 56.1 Å². The Kier molecular flexibility index (Phi) is 13.9. The second-order valence-corrected chi connectivity index (χ2v) is 15.8. The van der Waals surface area contributed by atoms with Gasteiger partial charge in [-0.1, -0.05) is 63.9 Å². The number of carbonyl (C=O) groups is 1. The molecule has 7 atom stereocenters. The van der Waals surface area contributed by atoms with Gasteiger partial charge >= 0.3 is 5.97 Å². The molecule has 0 radical (unpaired) electrons. The number of ether oxygens (including phenoxy) is 1. The molecule has 5 nitrogen and oxygen atoms in total. The minimum absolute atomic E-state index is 0.000735. The third-order valence-electron chi connectivity index (χ3n) is 8.05. The summed E-state index contributed by atoms with van der Waals surface area (Å²) in [4.78, 5) is 15.5. The smallest absolute Gasteiger partial charge is 0.325 e. The molecule has 4 unspecified atom stereocenters. The molecule has 218 valence electrons. The lowest BCUT2D eigenvalue weighted by molar-refractivity contribution is -0.164. The molecule has 2 N–H and O–H groups in total. The lowest BCUT2D eigenvalue weighted by Crippen LogP contribution is -2.46. The van der Waals surface area contributed by atoms with Crippen molar-refractivity contribution in [1.29, 1.82) is 0 Å². The van der Waals surface area contributed by atoms with E-state index >= 15 is 0 Å². The van der Waals surface area contributed by atoms with Crippen LogP contribution >= 0.6 is 0 Å². The summed E-state index contributed by atoms with van der Waals surface area (Å²) in [6, 6.07) is 9.44. The van der Waals surface area contributed by atoms with Gasteiger partial charge in [0.25, 0.3) is 0 Å². The Bertz CT molecular complexity index is 814. The van der Waals surface area contributed by atoms with Gasteiger partial charge in [-0.2, -0.15) is 0 Å². The highest BCUT2D eigenvalue weighted by molar-refractivity contribution is 6.72. The Morgan fingerprint density at radius 1 is 1.08 bits per heavy atom. The molecule has 0 bridgehead atoms. The first-order chi connectivity index (χ1) is 18.0. The van der Waals surface area contributed by atoms with Gasteiger partial charge in [-0.15, -0.1) is 0 Å². The molecule has 1 aromatic carbocycles. The molecule has 0 amide bonds. The number of esters is 1. The molecule has 1 fully saturated rings. The Morgan fingerprint density at radius 2 is 1.71 bits per heavy atom. The molecule has 1 aliphatic rings. The lowest BCUT2D eigenvalue weighted by atomic mass is 9.85. The van der Waals surface area contributed by atoms with Gasteiger partial charge in [0.1, 0.15) is 11.8 Å². The van der Waals surface area contributed by atoms with Crippen LogP contribution in [0, 0.1) is 11.8 Å². The maximum absolute atomic E-state index is 14.9. The van der Waals surface area contributed by atoms with Crippen molar-refractivity contribution in [2.45, 2.75) is 129 Å². The summed E-state index contributed by atoms with van der Waals surface area (Å²) < 4.78 is 41.0. The van der Waals surface area contributed by atoms with E-state index in [-0.39, 0.29) is 30.3 Å². The first-order valence-corrected chi connectivity index (χ1v) is 17.7. The van der Waals surface area contributed by atoms with Crippen molar-refractivity contribution in [3.05, 3.63) is 35.9 Å². The van der Waals surface area contributed by atoms with Gasteiger partial charge in [-0.25, -0.2) is 8.78 Å². The first-order valence-electron chi connectivity index (χ1n) is 14.7. The van der Waals surface area contributed by atoms with E-state index in [4.69, 9.17) is 14.9 Å². The molecular weight excluding hydrogens is 502 g/mol. The van der Waals surface area contributed by atoms with Crippen molar-refractivity contribution in [3.63, 3.8) is 0 Å². The highest BCUT2D eigenvalue weighted by atomic mass is 28.4. The van der Waals surface area contributed by atoms with Gasteiger partial charge in [0.05, 0.1) is 0 Å². The summed E-state index contributed by atoms with van der Waals surface area (Å²) in [6.45, 7) is 12.9. The molecule has 8 heteroatoms. The SMILES string of the molecule is CCCC(F)OC(=O)[C@H]1C[C@@H](CO[Si](C)(C)C(F)CCC)[C@@H](CC(CCC)C(C)N)N1Cc1ccccc1. The maximum atomic E-state index is 14.9. The Balaban J connectivity index is 2.39. The summed E-state index contributed by atoms with van der Waals surface area (Å²) >= 11 is 0. The Hall–Kier alpha value is -1.35. The molecule has 0 aliphatic carbocycles. The van der Waals surface area contributed by atoms with Gasteiger partial charge in [-0.3, -0.25) is 9.69 Å². The van der Waals surface area contributed by atoms with E-state index in [0.29, 0.717) is 32.4 Å². The predicted octanol–water partition coefficient (Wildman–Crippen LogP) is 6.94. The fourth-order valence-electron chi connectivity index (χ4n) is 5.62. The number of alkyl halides is 2.